The van der Waals surface area contributed by atoms with Crippen LogP contribution in [0.2, 0.25) is 5.02 Å². The number of allylic oxidation sites excluding steroid dienone is 1. The number of amides is 4. The molecule has 1 heterocycles. The molecule has 3 aromatic carbocycles. The maximum absolute atomic E-state index is 13.8. The van der Waals surface area contributed by atoms with E-state index in [2.05, 4.69) is 24.0 Å². The molecule has 4 aliphatic carbocycles. The molecule has 5 aliphatic rings. The average Bonchev–Trinajstić information content (AvgIpc) is 3.03. The summed E-state index contributed by atoms with van der Waals surface area (Å²) in [5.41, 5.74) is 4.08. The number of anilines is 1. The van der Waals surface area contributed by atoms with Gasteiger partial charge in [-0.2, -0.15) is 0 Å². The summed E-state index contributed by atoms with van der Waals surface area (Å²) in [5.74, 6) is 2.05. The van der Waals surface area contributed by atoms with Crippen molar-refractivity contribution in [2.24, 2.45) is 17.8 Å². The van der Waals surface area contributed by atoms with Crippen LogP contribution in [-0.2, 0) is 28.0 Å². The van der Waals surface area contributed by atoms with Gasteiger partial charge in [0, 0.05) is 10.6 Å². The molecular weight excluding hydrogens is 612 g/mol. The molecule has 47 heavy (non-hydrogen) atoms. The molecule has 0 aromatic heterocycles. The standard InChI is InChI=1S/C39H39ClN2O5/c1-3-5-29-17-25(19-34(46-4-2)35(29)47-23-24-6-10-31(40)11-7-24)18-33-36(43)41-38(45)42(37(33)44)32-12-8-30(9-13-32)39-20-26-14-27(21-39)16-28(15-26)22-39/h3,6-13,17-19,26-28H,1,4-5,14-16,20-23H2,2H3,(H,41,43,45)/b33-18+. The van der Waals surface area contributed by atoms with Crippen LogP contribution in [0.3, 0.4) is 0 Å². The summed E-state index contributed by atoms with van der Waals surface area (Å²) in [6, 6.07) is 18.1. The van der Waals surface area contributed by atoms with E-state index in [9.17, 15) is 14.4 Å². The van der Waals surface area contributed by atoms with E-state index in [-0.39, 0.29) is 11.0 Å². The molecule has 4 amide bonds. The number of imide groups is 2. The van der Waals surface area contributed by atoms with Crippen LogP contribution in [0.15, 0.2) is 78.9 Å². The summed E-state index contributed by atoms with van der Waals surface area (Å²) in [7, 11) is 0. The quantitative estimate of drug-likeness (QED) is 0.136. The summed E-state index contributed by atoms with van der Waals surface area (Å²) in [4.78, 5) is 41.0. The first-order chi connectivity index (χ1) is 22.7. The van der Waals surface area contributed by atoms with Gasteiger partial charge in [0.15, 0.2) is 11.5 Å². The van der Waals surface area contributed by atoms with Crippen molar-refractivity contribution in [2.75, 3.05) is 11.5 Å². The second-order valence-corrected chi connectivity index (χ2v) is 14.0. The summed E-state index contributed by atoms with van der Waals surface area (Å²) < 4.78 is 12.2. The molecule has 8 rings (SSSR count). The lowest BCUT2D eigenvalue weighted by Crippen LogP contribution is -2.54. The van der Waals surface area contributed by atoms with Gasteiger partial charge in [-0.25, -0.2) is 9.69 Å². The Morgan fingerprint density at radius 1 is 0.936 bits per heavy atom. The zero-order valence-corrected chi connectivity index (χ0v) is 27.4. The number of urea groups is 1. The van der Waals surface area contributed by atoms with Crippen LogP contribution in [0, 0.1) is 17.8 Å². The number of benzene rings is 3. The topological polar surface area (TPSA) is 84.9 Å². The fourth-order valence-corrected chi connectivity index (χ4v) is 8.85. The van der Waals surface area contributed by atoms with Crippen molar-refractivity contribution in [3.63, 3.8) is 0 Å². The Kier molecular flexibility index (Phi) is 8.43. The minimum Gasteiger partial charge on any atom is -0.490 e. The number of carbonyl (C=O) groups is 3. The maximum atomic E-state index is 13.8. The highest BCUT2D eigenvalue weighted by Crippen LogP contribution is 2.60. The van der Waals surface area contributed by atoms with Crippen molar-refractivity contribution in [1.29, 1.82) is 0 Å². The Morgan fingerprint density at radius 2 is 1.60 bits per heavy atom. The molecule has 3 aromatic rings. The normalized spacial score (nSPS) is 25.7. The average molecular weight is 651 g/mol. The second-order valence-electron chi connectivity index (χ2n) is 13.6. The largest absolute Gasteiger partial charge is 0.490 e. The van der Waals surface area contributed by atoms with Crippen molar-refractivity contribution in [1.82, 2.24) is 5.32 Å². The lowest BCUT2D eigenvalue weighted by molar-refractivity contribution is -0.122. The van der Waals surface area contributed by atoms with Gasteiger partial charge >= 0.3 is 6.03 Å². The molecule has 0 spiro atoms. The van der Waals surface area contributed by atoms with Gasteiger partial charge in [0.25, 0.3) is 11.8 Å². The number of nitrogens with one attached hydrogen (secondary N) is 1. The van der Waals surface area contributed by atoms with Crippen LogP contribution in [0.4, 0.5) is 10.5 Å². The molecule has 0 unspecified atom stereocenters. The Labute approximate surface area is 280 Å². The van der Waals surface area contributed by atoms with Gasteiger partial charge in [-0.3, -0.25) is 14.9 Å². The van der Waals surface area contributed by atoms with Gasteiger partial charge in [0.05, 0.1) is 12.3 Å². The maximum Gasteiger partial charge on any atom is 0.335 e. The highest BCUT2D eigenvalue weighted by atomic mass is 35.5. The third kappa shape index (κ3) is 6.09. The van der Waals surface area contributed by atoms with Crippen LogP contribution < -0.4 is 19.7 Å². The van der Waals surface area contributed by atoms with Gasteiger partial charge in [-0.05, 0) is 134 Å². The van der Waals surface area contributed by atoms with Crippen molar-refractivity contribution < 1.29 is 23.9 Å². The summed E-state index contributed by atoms with van der Waals surface area (Å²) >= 11 is 6.04. The number of hydrogen-bond acceptors (Lipinski definition) is 5. The highest BCUT2D eigenvalue weighted by molar-refractivity contribution is 6.39. The van der Waals surface area contributed by atoms with E-state index >= 15 is 0 Å². The molecule has 8 heteroatoms. The number of carbonyl (C=O) groups excluding carboxylic acids is 3. The molecule has 4 saturated carbocycles. The first-order valence-corrected chi connectivity index (χ1v) is 16.9. The highest BCUT2D eigenvalue weighted by Gasteiger charge is 2.51. The van der Waals surface area contributed by atoms with E-state index in [0.29, 0.717) is 47.4 Å². The van der Waals surface area contributed by atoms with Crippen molar-refractivity contribution >= 4 is 41.2 Å². The van der Waals surface area contributed by atoms with E-state index in [1.165, 1.54) is 50.2 Å². The Hall–Kier alpha value is -4.36. The predicted molar refractivity (Wildman–Crippen MR) is 183 cm³/mol. The lowest BCUT2D eigenvalue weighted by atomic mass is 9.48. The molecule has 4 bridgehead atoms. The monoisotopic (exact) mass is 650 g/mol. The number of hydrogen-bond donors (Lipinski definition) is 1. The molecular formula is C39H39ClN2O5. The van der Waals surface area contributed by atoms with E-state index < -0.39 is 17.8 Å². The lowest BCUT2D eigenvalue weighted by Gasteiger charge is -2.57. The first-order valence-electron chi connectivity index (χ1n) is 16.5. The minimum absolute atomic E-state index is 0.142. The van der Waals surface area contributed by atoms with E-state index in [4.69, 9.17) is 21.1 Å². The zero-order valence-electron chi connectivity index (χ0n) is 26.6. The number of rotatable bonds is 10. The fourth-order valence-electron chi connectivity index (χ4n) is 8.72. The van der Waals surface area contributed by atoms with E-state index in [0.717, 1.165) is 33.8 Å². The molecule has 1 aliphatic heterocycles. The van der Waals surface area contributed by atoms with Crippen LogP contribution in [0.5, 0.6) is 11.5 Å². The van der Waals surface area contributed by atoms with Gasteiger partial charge in [0.2, 0.25) is 0 Å². The van der Waals surface area contributed by atoms with Crippen molar-refractivity contribution in [3.05, 3.63) is 106 Å². The molecule has 7 nitrogen and oxygen atoms in total. The van der Waals surface area contributed by atoms with E-state index in [1.54, 1.807) is 12.1 Å². The Morgan fingerprint density at radius 3 is 2.21 bits per heavy atom. The third-order valence-electron chi connectivity index (χ3n) is 10.3. The van der Waals surface area contributed by atoms with Crippen LogP contribution in [-0.4, -0.2) is 24.5 Å². The van der Waals surface area contributed by atoms with Crippen LogP contribution in [0.1, 0.15) is 67.7 Å². The molecule has 0 radical (unpaired) electrons. The van der Waals surface area contributed by atoms with Gasteiger partial charge < -0.3 is 9.47 Å². The predicted octanol–water partition coefficient (Wildman–Crippen LogP) is 8.18. The number of nitrogens with zero attached hydrogens (tertiary/aromatic N) is 1. The van der Waals surface area contributed by atoms with Gasteiger partial charge in [-0.1, -0.05) is 41.9 Å². The smallest absolute Gasteiger partial charge is 0.335 e. The number of halogens is 1. The van der Waals surface area contributed by atoms with Crippen LogP contribution in [0.25, 0.3) is 6.08 Å². The zero-order chi connectivity index (χ0) is 32.7. The summed E-state index contributed by atoms with van der Waals surface area (Å²) in [6.45, 7) is 6.44. The van der Waals surface area contributed by atoms with Crippen molar-refractivity contribution in [3.8, 4) is 11.5 Å². The number of barbiturate groups is 1. The molecule has 1 saturated heterocycles. The molecule has 5 fully saturated rings. The van der Waals surface area contributed by atoms with E-state index in [1.807, 2.05) is 49.4 Å². The van der Waals surface area contributed by atoms with Crippen LogP contribution >= 0.6 is 11.6 Å². The minimum atomic E-state index is -0.756. The third-order valence-corrected chi connectivity index (χ3v) is 10.6. The fraction of sp³-hybridized carbons (Fsp3) is 0.359. The Balaban J connectivity index is 1.16. The SMILES string of the molecule is C=CCc1cc(/C=C2\C(=O)NC(=O)N(c3ccc(C45CC6CC(CC(C6)C4)C5)cc3)C2=O)cc(OCC)c1OCc1ccc(Cl)cc1. The molecule has 1 N–H and O–H groups in total. The number of ether oxygens (including phenoxy) is 2. The first kappa shape index (κ1) is 31.3. The summed E-state index contributed by atoms with van der Waals surface area (Å²) in [5, 5.41) is 3.01. The van der Waals surface area contributed by atoms with Gasteiger partial charge in [0.1, 0.15) is 12.2 Å². The van der Waals surface area contributed by atoms with Crippen molar-refractivity contribution in [2.45, 2.75) is 63.9 Å². The van der Waals surface area contributed by atoms with Gasteiger partial charge in [-0.15, -0.1) is 6.58 Å². The molecule has 242 valence electrons. The molecule has 0 atom stereocenters. The summed E-state index contributed by atoms with van der Waals surface area (Å²) in [6.07, 6.45) is 11.5. The Bertz CT molecular complexity index is 1730. The second kappa shape index (κ2) is 12.7.